The van der Waals surface area contributed by atoms with Crippen LogP contribution in [-0.4, -0.2) is 44.4 Å². The molecule has 1 heterocycles. The first-order valence-electron chi connectivity index (χ1n) is 10.4. The fraction of sp³-hybridized carbons (Fsp3) is 0.591. The van der Waals surface area contributed by atoms with Gasteiger partial charge in [-0.15, -0.1) is 10.2 Å². The average molecular weight is 434 g/mol. The molecule has 1 aliphatic rings. The number of likely N-dealkylation sites (N-methyl/N-ethyl adjacent to an activating group) is 1. The van der Waals surface area contributed by atoms with Crippen LogP contribution in [0.4, 0.5) is 4.79 Å². The van der Waals surface area contributed by atoms with Gasteiger partial charge in [-0.1, -0.05) is 42.6 Å². The first-order chi connectivity index (χ1) is 14.1. The van der Waals surface area contributed by atoms with Gasteiger partial charge >= 0.3 is 6.09 Å². The Kier molecular flexibility index (Phi) is 6.72. The topological polar surface area (TPSA) is 72.3 Å². The number of ether oxygens (including phenoxy) is 1. The van der Waals surface area contributed by atoms with Crippen LogP contribution in [0.15, 0.2) is 30.6 Å². The van der Waals surface area contributed by atoms with Gasteiger partial charge in [0.05, 0.1) is 12.1 Å². The molecule has 0 bridgehead atoms. The van der Waals surface area contributed by atoms with Gasteiger partial charge < -0.3 is 14.6 Å². The Balaban J connectivity index is 2.00. The number of nitrogens with one attached hydrogen (secondary N) is 1. The predicted molar refractivity (Wildman–Crippen MR) is 117 cm³/mol. The van der Waals surface area contributed by atoms with E-state index in [0.717, 1.165) is 37.1 Å². The van der Waals surface area contributed by atoms with Crippen molar-refractivity contribution in [2.75, 3.05) is 7.05 Å². The third kappa shape index (κ3) is 4.62. The van der Waals surface area contributed by atoms with Gasteiger partial charge in [0.15, 0.2) is 0 Å². The van der Waals surface area contributed by atoms with Crippen LogP contribution in [0.5, 0.6) is 0 Å². The molecule has 0 spiro atoms. The van der Waals surface area contributed by atoms with Gasteiger partial charge in [0.1, 0.15) is 17.8 Å². The molecule has 2 aromatic rings. The summed E-state index contributed by atoms with van der Waals surface area (Å²) in [5, 5.41) is 12.5. The minimum Gasteiger partial charge on any atom is -0.444 e. The van der Waals surface area contributed by atoms with Crippen LogP contribution in [0, 0.1) is 0 Å². The summed E-state index contributed by atoms with van der Waals surface area (Å²) in [6.45, 7) is 6.19. The molecule has 1 aromatic carbocycles. The lowest BCUT2D eigenvalue weighted by molar-refractivity contribution is -0.0166. The number of benzene rings is 1. The molecule has 2 atom stereocenters. The highest BCUT2D eigenvalue weighted by Crippen LogP contribution is 2.45. The molecular weight excluding hydrogens is 402 g/mol. The van der Waals surface area contributed by atoms with Crippen LogP contribution in [-0.2, 0) is 23.9 Å². The number of aryl methyl sites for hydroxylation is 1. The molecule has 1 aromatic heterocycles. The average Bonchev–Trinajstić information content (AvgIpc) is 3.10. The van der Waals surface area contributed by atoms with E-state index in [1.807, 2.05) is 63.7 Å². The zero-order chi connectivity index (χ0) is 21.9. The van der Waals surface area contributed by atoms with Gasteiger partial charge in [0.25, 0.3) is 0 Å². The quantitative estimate of drug-likeness (QED) is 0.762. The molecule has 1 fully saturated rings. The van der Waals surface area contributed by atoms with E-state index in [1.54, 1.807) is 11.2 Å². The highest BCUT2D eigenvalue weighted by Gasteiger charge is 2.49. The molecule has 1 aliphatic carbocycles. The van der Waals surface area contributed by atoms with E-state index in [-0.39, 0.29) is 12.1 Å². The van der Waals surface area contributed by atoms with Crippen LogP contribution in [0.1, 0.15) is 57.8 Å². The van der Waals surface area contributed by atoms with Crippen molar-refractivity contribution in [2.45, 2.75) is 70.2 Å². The van der Waals surface area contributed by atoms with Crippen molar-refractivity contribution in [1.82, 2.24) is 25.0 Å². The summed E-state index contributed by atoms with van der Waals surface area (Å²) in [7, 11) is 3.74. The molecule has 164 valence electrons. The number of rotatable bonds is 5. The maximum absolute atomic E-state index is 13.2. The van der Waals surface area contributed by atoms with Crippen molar-refractivity contribution in [3.63, 3.8) is 0 Å². The van der Waals surface area contributed by atoms with Crippen LogP contribution in [0.2, 0.25) is 5.02 Å². The fourth-order valence-corrected chi connectivity index (χ4v) is 4.62. The molecule has 1 amide bonds. The maximum Gasteiger partial charge on any atom is 0.410 e. The molecule has 3 rings (SSSR count). The van der Waals surface area contributed by atoms with Gasteiger partial charge in [-0.3, -0.25) is 4.90 Å². The van der Waals surface area contributed by atoms with Crippen molar-refractivity contribution < 1.29 is 9.53 Å². The monoisotopic (exact) mass is 433 g/mol. The molecule has 0 saturated heterocycles. The van der Waals surface area contributed by atoms with E-state index in [9.17, 15) is 4.79 Å². The van der Waals surface area contributed by atoms with E-state index in [0.29, 0.717) is 11.6 Å². The molecule has 0 radical (unpaired) electrons. The Morgan fingerprint density at radius 2 is 2.10 bits per heavy atom. The third-order valence-corrected chi connectivity index (χ3v) is 6.12. The number of amides is 1. The Morgan fingerprint density at radius 1 is 1.37 bits per heavy atom. The lowest BCUT2D eigenvalue weighted by Gasteiger charge is -2.50. The number of carbonyl (C=O) groups is 1. The van der Waals surface area contributed by atoms with E-state index in [4.69, 9.17) is 16.3 Å². The second kappa shape index (κ2) is 8.94. The molecule has 7 nitrogen and oxygen atoms in total. The standard InChI is InChI=1S/C22H32ClN5O2/c1-21(2,3)30-20(29)28(5)22(16-10-6-7-11-17(16)23)13-9-8-12-18(22)24-14-19-26-25-15-27(19)4/h6-7,10-11,15,18,24H,8-9,12-14H2,1-5H3. The second-order valence-corrected chi connectivity index (χ2v) is 9.39. The Hall–Kier alpha value is -2.12. The first kappa shape index (κ1) is 22.6. The number of carbonyl (C=O) groups excluding carboxylic acids is 1. The molecular formula is C22H32ClN5O2. The van der Waals surface area contributed by atoms with Crippen LogP contribution >= 0.6 is 11.6 Å². The number of nitrogens with zero attached hydrogens (tertiary/aromatic N) is 4. The normalized spacial score (nSPS) is 22.0. The SMILES string of the molecule is CN(C(=O)OC(C)(C)C)C1(c2ccccc2Cl)CCCCC1NCc1nncn1C. The Morgan fingerprint density at radius 3 is 2.73 bits per heavy atom. The van der Waals surface area contributed by atoms with Crippen molar-refractivity contribution >= 4 is 17.7 Å². The zero-order valence-electron chi connectivity index (χ0n) is 18.5. The van der Waals surface area contributed by atoms with E-state index < -0.39 is 11.1 Å². The smallest absolute Gasteiger partial charge is 0.410 e. The molecule has 30 heavy (non-hydrogen) atoms. The highest BCUT2D eigenvalue weighted by atomic mass is 35.5. The lowest BCUT2D eigenvalue weighted by Crippen LogP contribution is -2.61. The van der Waals surface area contributed by atoms with Gasteiger partial charge in [0, 0.05) is 25.2 Å². The van der Waals surface area contributed by atoms with Crippen LogP contribution in [0.25, 0.3) is 0 Å². The van der Waals surface area contributed by atoms with Gasteiger partial charge in [-0.2, -0.15) is 0 Å². The summed E-state index contributed by atoms with van der Waals surface area (Å²) in [5.74, 6) is 0.841. The summed E-state index contributed by atoms with van der Waals surface area (Å²) >= 11 is 6.69. The summed E-state index contributed by atoms with van der Waals surface area (Å²) in [5.41, 5.74) is -0.268. The molecule has 1 N–H and O–H groups in total. The summed E-state index contributed by atoms with van der Waals surface area (Å²) in [6, 6.07) is 7.78. The van der Waals surface area contributed by atoms with Gasteiger partial charge in [-0.25, -0.2) is 4.79 Å². The second-order valence-electron chi connectivity index (χ2n) is 8.98. The minimum atomic E-state index is -0.627. The number of halogens is 1. The van der Waals surface area contributed by atoms with E-state index in [1.165, 1.54) is 0 Å². The highest BCUT2D eigenvalue weighted by molar-refractivity contribution is 6.31. The molecule has 1 saturated carbocycles. The number of aromatic nitrogens is 3. The first-order valence-corrected chi connectivity index (χ1v) is 10.8. The zero-order valence-corrected chi connectivity index (χ0v) is 19.2. The van der Waals surface area contributed by atoms with E-state index >= 15 is 0 Å². The summed E-state index contributed by atoms with van der Waals surface area (Å²) in [6.07, 6.45) is 5.12. The van der Waals surface area contributed by atoms with Crippen LogP contribution in [0.3, 0.4) is 0 Å². The van der Waals surface area contributed by atoms with Crippen molar-refractivity contribution in [2.24, 2.45) is 7.05 Å². The molecule has 2 unspecified atom stereocenters. The van der Waals surface area contributed by atoms with Crippen molar-refractivity contribution in [3.8, 4) is 0 Å². The van der Waals surface area contributed by atoms with Crippen molar-refractivity contribution in [1.29, 1.82) is 0 Å². The maximum atomic E-state index is 13.2. The lowest BCUT2D eigenvalue weighted by atomic mass is 9.71. The number of hydrogen-bond donors (Lipinski definition) is 1. The fourth-order valence-electron chi connectivity index (χ4n) is 4.32. The molecule has 8 heteroatoms. The largest absolute Gasteiger partial charge is 0.444 e. The van der Waals surface area contributed by atoms with Crippen molar-refractivity contribution in [3.05, 3.63) is 47.0 Å². The third-order valence-electron chi connectivity index (χ3n) is 5.80. The molecule has 0 aliphatic heterocycles. The van der Waals surface area contributed by atoms with Gasteiger partial charge in [0.2, 0.25) is 0 Å². The van der Waals surface area contributed by atoms with E-state index in [2.05, 4.69) is 15.5 Å². The van der Waals surface area contributed by atoms with Gasteiger partial charge in [-0.05, 0) is 45.2 Å². The predicted octanol–water partition coefficient (Wildman–Crippen LogP) is 4.26. The summed E-state index contributed by atoms with van der Waals surface area (Å²) in [4.78, 5) is 14.9. The van der Waals surface area contributed by atoms with Crippen LogP contribution < -0.4 is 5.32 Å². The minimum absolute atomic E-state index is 0.0135. The Labute approximate surface area is 183 Å². The Bertz CT molecular complexity index is 878. The number of hydrogen-bond acceptors (Lipinski definition) is 5. The summed E-state index contributed by atoms with van der Waals surface area (Å²) < 4.78 is 7.64.